The van der Waals surface area contributed by atoms with Gasteiger partial charge in [-0.15, -0.1) is 0 Å². The van der Waals surface area contributed by atoms with Crippen LogP contribution in [0.2, 0.25) is 0 Å². The molecule has 2 fully saturated rings. The van der Waals surface area contributed by atoms with Crippen LogP contribution in [-0.2, 0) is 0 Å². The van der Waals surface area contributed by atoms with E-state index in [9.17, 15) is 8.78 Å². The molecule has 3 rings (SSSR count). The van der Waals surface area contributed by atoms with Crippen molar-refractivity contribution >= 4 is 0 Å². The van der Waals surface area contributed by atoms with Crippen molar-refractivity contribution in [1.29, 1.82) is 0 Å². The van der Waals surface area contributed by atoms with E-state index in [1.54, 1.807) is 18.2 Å². The number of nitrogens with one attached hydrogen (secondary N) is 1. The van der Waals surface area contributed by atoms with E-state index in [1.807, 2.05) is 6.07 Å². The van der Waals surface area contributed by atoms with E-state index < -0.39 is 6.61 Å². The summed E-state index contributed by atoms with van der Waals surface area (Å²) in [4.78, 5) is 2.44. The first-order chi connectivity index (χ1) is 9.63. The maximum Gasteiger partial charge on any atom is 0.387 e. The van der Waals surface area contributed by atoms with Crippen molar-refractivity contribution in [2.75, 3.05) is 26.2 Å². The Morgan fingerprint density at radius 3 is 2.60 bits per heavy atom. The molecule has 0 aromatic heterocycles. The van der Waals surface area contributed by atoms with E-state index in [2.05, 4.69) is 21.9 Å². The Balaban J connectivity index is 1.69. The molecule has 0 spiro atoms. The van der Waals surface area contributed by atoms with Crippen LogP contribution in [0.4, 0.5) is 8.78 Å². The van der Waals surface area contributed by atoms with Gasteiger partial charge in [-0.25, -0.2) is 0 Å². The first-order valence-corrected chi connectivity index (χ1v) is 7.13. The second-order valence-corrected chi connectivity index (χ2v) is 5.76. The maximum atomic E-state index is 12.3. The van der Waals surface area contributed by atoms with Crippen LogP contribution in [0.15, 0.2) is 24.3 Å². The lowest BCUT2D eigenvalue weighted by Crippen LogP contribution is -2.28. The first kappa shape index (κ1) is 13.8. The molecule has 0 radical (unpaired) electrons. The van der Waals surface area contributed by atoms with Crippen LogP contribution in [0, 0.1) is 11.8 Å². The summed E-state index contributed by atoms with van der Waals surface area (Å²) in [5, 5.41) is 3.42. The minimum atomic E-state index is -2.77. The molecular weight excluding hydrogens is 262 g/mol. The number of hydrogen-bond donors (Lipinski definition) is 1. The molecule has 3 nitrogen and oxygen atoms in total. The number of likely N-dealkylation sites (tertiary alicyclic amines) is 1. The SMILES string of the molecule is CC(c1cccc(OC(F)F)c1)N1C[C@H]2CNC[C@H]2C1. The monoisotopic (exact) mass is 282 g/mol. The fraction of sp³-hybridized carbons (Fsp3) is 0.600. The van der Waals surface area contributed by atoms with Gasteiger partial charge in [-0.1, -0.05) is 12.1 Å². The Morgan fingerprint density at radius 2 is 1.95 bits per heavy atom. The van der Waals surface area contributed by atoms with Gasteiger partial charge in [0.2, 0.25) is 0 Å². The average Bonchev–Trinajstić information content (AvgIpc) is 2.98. The molecule has 0 saturated carbocycles. The summed E-state index contributed by atoms with van der Waals surface area (Å²) in [6.45, 7) is 3.73. The van der Waals surface area contributed by atoms with Crippen LogP contribution in [0.5, 0.6) is 5.75 Å². The molecule has 1 aromatic rings. The number of hydrogen-bond acceptors (Lipinski definition) is 3. The number of nitrogens with zero attached hydrogens (tertiary/aromatic N) is 1. The largest absolute Gasteiger partial charge is 0.435 e. The van der Waals surface area contributed by atoms with Gasteiger partial charge in [0.25, 0.3) is 0 Å². The van der Waals surface area contributed by atoms with Gasteiger partial charge >= 0.3 is 6.61 Å². The molecule has 2 aliphatic heterocycles. The third-order valence-electron chi connectivity index (χ3n) is 4.53. The Kier molecular flexibility index (Phi) is 3.89. The zero-order chi connectivity index (χ0) is 14.1. The highest BCUT2D eigenvalue weighted by atomic mass is 19.3. The van der Waals surface area contributed by atoms with E-state index in [-0.39, 0.29) is 11.8 Å². The molecule has 2 heterocycles. The van der Waals surface area contributed by atoms with Crippen molar-refractivity contribution in [2.24, 2.45) is 11.8 Å². The number of alkyl halides is 2. The zero-order valence-corrected chi connectivity index (χ0v) is 11.6. The third kappa shape index (κ3) is 2.79. The van der Waals surface area contributed by atoms with Gasteiger partial charge < -0.3 is 10.1 Å². The average molecular weight is 282 g/mol. The number of rotatable bonds is 4. The Morgan fingerprint density at radius 1 is 1.25 bits per heavy atom. The second kappa shape index (κ2) is 5.66. The standard InChI is InChI=1S/C15H20F2N2O/c1-10(19-8-12-6-18-7-13(12)9-19)11-3-2-4-14(5-11)20-15(16)17/h2-5,10,12-13,15,18H,6-9H2,1H3/t10?,12-,13+. The minimum absolute atomic E-state index is 0.238. The molecule has 0 bridgehead atoms. The number of benzene rings is 1. The lowest BCUT2D eigenvalue weighted by Gasteiger charge is -2.26. The van der Waals surface area contributed by atoms with Crippen molar-refractivity contribution in [3.8, 4) is 5.75 Å². The third-order valence-corrected chi connectivity index (χ3v) is 4.53. The van der Waals surface area contributed by atoms with Crippen molar-refractivity contribution < 1.29 is 13.5 Å². The molecule has 0 aliphatic carbocycles. The van der Waals surface area contributed by atoms with Crippen LogP contribution in [0.25, 0.3) is 0 Å². The Labute approximate surface area is 117 Å². The van der Waals surface area contributed by atoms with Crippen LogP contribution >= 0.6 is 0 Å². The second-order valence-electron chi connectivity index (χ2n) is 5.76. The molecular formula is C15H20F2N2O. The van der Waals surface area contributed by atoms with E-state index in [0.717, 1.165) is 43.6 Å². The van der Waals surface area contributed by atoms with E-state index >= 15 is 0 Å². The fourth-order valence-electron chi connectivity index (χ4n) is 3.37. The topological polar surface area (TPSA) is 24.5 Å². The van der Waals surface area contributed by atoms with E-state index in [4.69, 9.17) is 0 Å². The van der Waals surface area contributed by atoms with E-state index in [1.165, 1.54) is 0 Å². The molecule has 0 amide bonds. The number of ether oxygens (including phenoxy) is 1. The highest BCUT2D eigenvalue weighted by Gasteiger charge is 2.37. The molecule has 20 heavy (non-hydrogen) atoms. The predicted molar refractivity (Wildman–Crippen MR) is 72.9 cm³/mol. The smallest absolute Gasteiger partial charge is 0.387 e. The molecule has 3 atom stereocenters. The summed E-state index contributed by atoms with van der Waals surface area (Å²) in [7, 11) is 0. The highest BCUT2D eigenvalue weighted by Crippen LogP contribution is 2.33. The molecule has 110 valence electrons. The van der Waals surface area contributed by atoms with Crippen molar-refractivity contribution in [1.82, 2.24) is 10.2 Å². The van der Waals surface area contributed by atoms with Crippen molar-refractivity contribution in [3.05, 3.63) is 29.8 Å². The fourth-order valence-corrected chi connectivity index (χ4v) is 3.37. The van der Waals surface area contributed by atoms with Crippen molar-refractivity contribution in [3.63, 3.8) is 0 Å². The number of fused-ring (bicyclic) bond motifs is 1. The van der Waals surface area contributed by atoms with Gasteiger partial charge in [-0.05, 0) is 49.5 Å². The van der Waals surface area contributed by atoms with Gasteiger partial charge in [-0.2, -0.15) is 8.78 Å². The summed E-state index contributed by atoms with van der Waals surface area (Å²) >= 11 is 0. The van der Waals surface area contributed by atoms with Gasteiger partial charge in [-0.3, -0.25) is 4.90 Å². The quantitative estimate of drug-likeness (QED) is 0.918. The van der Waals surface area contributed by atoms with Crippen LogP contribution in [-0.4, -0.2) is 37.7 Å². The molecule has 1 unspecified atom stereocenters. The first-order valence-electron chi connectivity index (χ1n) is 7.13. The Bertz CT molecular complexity index is 457. The molecule has 1 N–H and O–H groups in total. The van der Waals surface area contributed by atoms with Gasteiger partial charge in [0.1, 0.15) is 5.75 Å². The van der Waals surface area contributed by atoms with Crippen LogP contribution in [0.1, 0.15) is 18.5 Å². The summed E-state index contributed by atoms with van der Waals surface area (Å²) in [5.41, 5.74) is 1.04. The van der Waals surface area contributed by atoms with Crippen LogP contribution < -0.4 is 10.1 Å². The summed E-state index contributed by atoms with van der Waals surface area (Å²) in [6, 6.07) is 7.30. The summed E-state index contributed by atoms with van der Waals surface area (Å²) in [6.07, 6.45) is 0. The normalized spacial score (nSPS) is 27.8. The van der Waals surface area contributed by atoms with E-state index in [0.29, 0.717) is 0 Å². The zero-order valence-electron chi connectivity index (χ0n) is 11.6. The maximum absolute atomic E-state index is 12.3. The predicted octanol–water partition coefficient (Wildman–Crippen LogP) is 2.50. The molecule has 1 aromatic carbocycles. The minimum Gasteiger partial charge on any atom is -0.435 e. The number of halogens is 2. The lowest BCUT2D eigenvalue weighted by molar-refractivity contribution is -0.0499. The molecule has 5 heteroatoms. The van der Waals surface area contributed by atoms with Crippen molar-refractivity contribution in [2.45, 2.75) is 19.6 Å². The van der Waals surface area contributed by atoms with Gasteiger partial charge in [0, 0.05) is 19.1 Å². The highest BCUT2D eigenvalue weighted by molar-refractivity contribution is 5.30. The van der Waals surface area contributed by atoms with Gasteiger partial charge in [0.15, 0.2) is 0 Å². The molecule has 2 aliphatic rings. The summed E-state index contributed by atoms with van der Waals surface area (Å²) in [5.74, 6) is 1.71. The van der Waals surface area contributed by atoms with Gasteiger partial charge in [0.05, 0.1) is 0 Å². The molecule has 2 saturated heterocycles. The summed E-state index contributed by atoms with van der Waals surface area (Å²) < 4.78 is 29.0. The lowest BCUT2D eigenvalue weighted by atomic mass is 10.0. The van der Waals surface area contributed by atoms with Crippen LogP contribution in [0.3, 0.4) is 0 Å². The Hall–Kier alpha value is -1.20.